The maximum Gasteiger partial charge on any atom is 0.241 e. The molecule has 0 spiro atoms. The number of piperidine rings is 1. The number of hydrogen-bond donors (Lipinski definition) is 3. The third kappa shape index (κ3) is 4.64. The largest absolute Gasteiger partial charge is 0.341 e. The molecular formula is C22H26ClN5O2. The van der Waals surface area contributed by atoms with Gasteiger partial charge in [0.1, 0.15) is 6.04 Å². The SMILES string of the molecule is Cc1ccc(NC(=O)C2CCN(C(=O)C3CC(c4ccccn4)NN3)CC2)cc1Cl. The second-order valence-corrected chi connectivity index (χ2v) is 8.34. The normalized spacial score (nSPS) is 22.1. The summed E-state index contributed by atoms with van der Waals surface area (Å²) in [4.78, 5) is 31.7. The summed E-state index contributed by atoms with van der Waals surface area (Å²) in [5.41, 5.74) is 8.88. The lowest BCUT2D eigenvalue weighted by molar-refractivity contribution is -0.136. The third-order valence-corrected chi connectivity index (χ3v) is 6.27. The van der Waals surface area contributed by atoms with Gasteiger partial charge in [-0.05, 0) is 56.0 Å². The molecule has 2 atom stereocenters. The maximum absolute atomic E-state index is 12.9. The van der Waals surface area contributed by atoms with E-state index in [1.54, 1.807) is 12.3 Å². The Morgan fingerprint density at radius 3 is 2.67 bits per heavy atom. The number of nitrogens with one attached hydrogen (secondary N) is 3. The van der Waals surface area contributed by atoms with E-state index in [0.717, 1.165) is 11.3 Å². The van der Waals surface area contributed by atoms with Crippen LogP contribution in [0.5, 0.6) is 0 Å². The Balaban J connectivity index is 1.27. The second-order valence-electron chi connectivity index (χ2n) is 7.94. The van der Waals surface area contributed by atoms with Crippen LogP contribution in [0.25, 0.3) is 0 Å². The fraction of sp³-hybridized carbons (Fsp3) is 0.409. The number of pyridine rings is 1. The third-order valence-electron chi connectivity index (χ3n) is 5.86. The van der Waals surface area contributed by atoms with Crippen molar-refractivity contribution in [2.24, 2.45) is 5.92 Å². The first kappa shape index (κ1) is 20.8. The minimum atomic E-state index is -0.280. The van der Waals surface area contributed by atoms with Gasteiger partial charge >= 0.3 is 0 Å². The number of amides is 2. The lowest BCUT2D eigenvalue weighted by Gasteiger charge is -2.32. The molecule has 4 rings (SSSR count). The second kappa shape index (κ2) is 9.12. The van der Waals surface area contributed by atoms with E-state index in [9.17, 15) is 9.59 Å². The molecule has 3 N–H and O–H groups in total. The molecule has 2 aliphatic heterocycles. The first-order valence-corrected chi connectivity index (χ1v) is 10.7. The summed E-state index contributed by atoms with van der Waals surface area (Å²) < 4.78 is 0. The molecule has 0 saturated carbocycles. The highest BCUT2D eigenvalue weighted by Gasteiger charge is 2.35. The summed E-state index contributed by atoms with van der Waals surface area (Å²) in [6.45, 7) is 3.09. The fourth-order valence-electron chi connectivity index (χ4n) is 3.99. The summed E-state index contributed by atoms with van der Waals surface area (Å²) in [6.07, 6.45) is 3.72. The summed E-state index contributed by atoms with van der Waals surface area (Å²) >= 11 is 6.14. The number of carbonyl (C=O) groups excluding carboxylic acids is 2. The minimum Gasteiger partial charge on any atom is -0.341 e. The summed E-state index contributed by atoms with van der Waals surface area (Å²) in [5, 5.41) is 3.58. The Morgan fingerprint density at radius 1 is 1.17 bits per heavy atom. The molecule has 1 aromatic carbocycles. The lowest BCUT2D eigenvalue weighted by Crippen LogP contribution is -2.49. The van der Waals surface area contributed by atoms with Crippen LogP contribution in [0.4, 0.5) is 5.69 Å². The molecule has 3 heterocycles. The van der Waals surface area contributed by atoms with Crippen LogP contribution in [-0.4, -0.2) is 40.8 Å². The molecule has 2 fully saturated rings. The van der Waals surface area contributed by atoms with Gasteiger partial charge in [0.05, 0.1) is 11.7 Å². The van der Waals surface area contributed by atoms with Crippen LogP contribution in [0.1, 0.15) is 36.6 Å². The van der Waals surface area contributed by atoms with Crippen molar-refractivity contribution in [1.29, 1.82) is 0 Å². The average molecular weight is 428 g/mol. The molecule has 0 radical (unpaired) electrons. The Morgan fingerprint density at radius 2 is 1.97 bits per heavy atom. The van der Waals surface area contributed by atoms with E-state index in [4.69, 9.17) is 11.6 Å². The van der Waals surface area contributed by atoms with Crippen molar-refractivity contribution in [2.75, 3.05) is 18.4 Å². The van der Waals surface area contributed by atoms with Gasteiger partial charge in [-0.25, -0.2) is 10.9 Å². The summed E-state index contributed by atoms with van der Waals surface area (Å²) in [5.74, 6) is -0.0481. The van der Waals surface area contributed by atoms with Crippen molar-refractivity contribution >= 4 is 29.1 Å². The maximum atomic E-state index is 12.9. The highest BCUT2D eigenvalue weighted by Crippen LogP contribution is 2.25. The van der Waals surface area contributed by atoms with Crippen molar-refractivity contribution < 1.29 is 9.59 Å². The molecule has 2 unspecified atom stereocenters. The Bertz CT molecular complexity index is 915. The number of hydrogen-bond acceptors (Lipinski definition) is 5. The van der Waals surface area contributed by atoms with Gasteiger partial charge in [0.15, 0.2) is 0 Å². The zero-order valence-electron chi connectivity index (χ0n) is 16.9. The number of benzene rings is 1. The van der Waals surface area contributed by atoms with Gasteiger partial charge in [0.2, 0.25) is 11.8 Å². The van der Waals surface area contributed by atoms with E-state index >= 15 is 0 Å². The van der Waals surface area contributed by atoms with E-state index in [2.05, 4.69) is 21.2 Å². The van der Waals surface area contributed by atoms with Gasteiger partial charge < -0.3 is 10.2 Å². The summed E-state index contributed by atoms with van der Waals surface area (Å²) in [7, 11) is 0. The quantitative estimate of drug-likeness (QED) is 0.698. The van der Waals surface area contributed by atoms with Gasteiger partial charge in [0.25, 0.3) is 0 Å². The average Bonchev–Trinajstić information content (AvgIpc) is 3.27. The van der Waals surface area contributed by atoms with Crippen LogP contribution in [0.3, 0.4) is 0 Å². The van der Waals surface area contributed by atoms with Crippen LogP contribution in [0, 0.1) is 12.8 Å². The number of nitrogens with zero attached hydrogens (tertiary/aromatic N) is 2. The molecular weight excluding hydrogens is 402 g/mol. The zero-order chi connectivity index (χ0) is 21.1. The Labute approximate surface area is 181 Å². The van der Waals surface area contributed by atoms with Crippen LogP contribution in [0.2, 0.25) is 5.02 Å². The van der Waals surface area contributed by atoms with E-state index in [1.165, 1.54) is 0 Å². The fourth-order valence-corrected chi connectivity index (χ4v) is 4.17. The number of likely N-dealkylation sites (tertiary alicyclic amines) is 1. The summed E-state index contributed by atoms with van der Waals surface area (Å²) in [6, 6.07) is 11.0. The first-order valence-electron chi connectivity index (χ1n) is 10.3. The Kier molecular flexibility index (Phi) is 6.32. The van der Waals surface area contributed by atoms with Crippen molar-refractivity contribution in [2.45, 2.75) is 38.3 Å². The zero-order valence-corrected chi connectivity index (χ0v) is 17.7. The highest BCUT2D eigenvalue weighted by molar-refractivity contribution is 6.31. The van der Waals surface area contributed by atoms with E-state index in [-0.39, 0.29) is 29.8 Å². The van der Waals surface area contributed by atoms with Crippen LogP contribution >= 0.6 is 11.6 Å². The van der Waals surface area contributed by atoms with E-state index in [0.29, 0.717) is 43.1 Å². The Hall–Kier alpha value is -2.48. The van der Waals surface area contributed by atoms with Crippen molar-refractivity contribution in [3.8, 4) is 0 Å². The van der Waals surface area contributed by atoms with Crippen LogP contribution in [0.15, 0.2) is 42.6 Å². The number of aromatic nitrogens is 1. The minimum absolute atomic E-state index is 0.0158. The number of hydrazine groups is 1. The molecule has 30 heavy (non-hydrogen) atoms. The monoisotopic (exact) mass is 427 g/mol. The smallest absolute Gasteiger partial charge is 0.241 e. The van der Waals surface area contributed by atoms with Crippen molar-refractivity contribution in [3.05, 3.63) is 58.9 Å². The van der Waals surface area contributed by atoms with Crippen LogP contribution in [-0.2, 0) is 9.59 Å². The topological polar surface area (TPSA) is 86.4 Å². The van der Waals surface area contributed by atoms with Gasteiger partial charge in [-0.2, -0.15) is 0 Å². The molecule has 0 aliphatic carbocycles. The molecule has 2 amide bonds. The molecule has 8 heteroatoms. The molecule has 1 aromatic heterocycles. The number of anilines is 1. The number of carbonyl (C=O) groups is 2. The van der Waals surface area contributed by atoms with Crippen molar-refractivity contribution in [3.63, 3.8) is 0 Å². The van der Waals surface area contributed by atoms with E-state index in [1.807, 2.05) is 42.2 Å². The predicted octanol–water partition coefficient (Wildman–Crippen LogP) is 2.83. The van der Waals surface area contributed by atoms with Crippen LogP contribution < -0.4 is 16.2 Å². The van der Waals surface area contributed by atoms with Gasteiger partial charge in [0, 0.05) is 35.9 Å². The molecule has 158 valence electrons. The molecule has 7 nitrogen and oxygen atoms in total. The molecule has 2 aromatic rings. The number of aryl methyl sites for hydroxylation is 1. The number of rotatable bonds is 4. The van der Waals surface area contributed by atoms with Crippen molar-refractivity contribution in [1.82, 2.24) is 20.7 Å². The molecule has 0 bridgehead atoms. The van der Waals surface area contributed by atoms with Gasteiger partial charge in [-0.3, -0.25) is 14.6 Å². The van der Waals surface area contributed by atoms with Gasteiger partial charge in [-0.15, -0.1) is 0 Å². The van der Waals surface area contributed by atoms with Gasteiger partial charge in [-0.1, -0.05) is 23.7 Å². The highest BCUT2D eigenvalue weighted by atomic mass is 35.5. The number of halogens is 1. The molecule has 2 saturated heterocycles. The first-order chi connectivity index (χ1) is 14.5. The standard InChI is InChI=1S/C22H26ClN5O2/c1-14-5-6-16(12-17(14)23)25-21(29)15-7-10-28(11-8-15)22(30)20-13-19(26-27-20)18-4-2-3-9-24-18/h2-6,9,12,15,19-20,26-27H,7-8,10-11,13H2,1H3,(H,25,29). The molecule has 2 aliphatic rings. The van der Waals surface area contributed by atoms with E-state index < -0.39 is 0 Å². The lowest BCUT2D eigenvalue weighted by atomic mass is 9.95. The predicted molar refractivity (Wildman–Crippen MR) is 116 cm³/mol.